The standard InChI is InChI=1S/C54H96N6O13/c1-5-7-9-11-13-15-17-19-21-23-25-27-29-31-34-56-50(67)42-39(70-41(62)32-30-28-26-24-22-20-18-16-14-12-10-8-6-2)37-58(3)43(51(68)59(42)4)48(73-53-47(66)44(63)38(36-55)71-53)49-45(64)46(65)52(72-49)60-35-33-40(61)57-54(60)69/h33,35,38-39,42-49,52-53,63-66H,5-32,34,36-37,55H2,1-4H3,(H,56,67)(H,57,61,69)/t38-,39+,42?,43?,44-,45+,46-,47-,48+,49?,52?,53?/m1/s1. The number of esters is 1. The van der Waals surface area contributed by atoms with Gasteiger partial charge in [-0.2, -0.15) is 0 Å². The van der Waals surface area contributed by atoms with E-state index in [0.717, 1.165) is 61.8 Å². The molecular weight excluding hydrogens is 941 g/mol. The first-order valence-electron chi connectivity index (χ1n) is 28.4. The lowest BCUT2D eigenvalue weighted by Crippen LogP contribution is -2.60. The van der Waals surface area contributed by atoms with Crippen LogP contribution in [0.1, 0.15) is 200 Å². The van der Waals surface area contributed by atoms with Crippen molar-refractivity contribution in [2.45, 2.75) is 267 Å². The summed E-state index contributed by atoms with van der Waals surface area (Å²) < 4.78 is 25.3. The summed E-state index contributed by atoms with van der Waals surface area (Å²) in [5, 5.41) is 47.8. The molecule has 4 rings (SSSR count). The van der Waals surface area contributed by atoms with Gasteiger partial charge < -0.3 is 55.3 Å². The van der Waals surface area contributed by atoms with Gasteiger partial charge in [0.05, 0.1) is 0 Å². The van der Waals surface area contributed by atoms with Crippen molar-refractivity contribution in [2.75, 3.05) is 33.7 Å². The van der Waals surface area contributed by atoms with Crippen molar-refractivity contribution in [1.29, 1.82) is 0 Å². The minimum absolute atomic E-state index is 0.116. The molecule has 19 heteroatoms. The lowest BCUT2D eigenvalue weighted by Gasteiger charge is -2.38. The zero-order chi connectivity index (χ0) is 53.1. The van der Waals surface area contributed by atoms with Crippen LogP contribution in [0, 0.1) is 0 Å². The Hall–Kier alpha value is -3.27. The minimum Gasteiger partial charge on any atom is -0.458 e. The highest BCUT2D eigenvalue weighted by Gasteiger charge is 2.57. The number of unbranched alkanes of at least 4 members (excludes halogenated alkanes) is 25. The van der Waals surface area contributed by atoms with Gasteiger partial charge >= 0.3 is 11.7 Å². The maximum atomic E-state index is 15.0. The van der Waals surface area contributed by atoms with Crippen LogP contribution in [0.2, 0.25) is 0 Å². The molecule has 0 aromatic carbocycles. The quantitative estimate of drug-likeness (QED) is 0.0339. The van der Waals surface area contributed by atoms with Crippen LogP contribution >= 0.6 is 0 Å². The van der Waals surface area contributed by atoms with E-state index >= 15 is 4.79 Å². The molecule has 8 N–H and O–H groups in total. The molecule has 0 radical (unpaired) electrons. The summed E-state index contributed by atoms with van der Waals surface area (Å²) in [5.41, 5.74) is 4.15. The number of rotatable bonds is 37. The average molecular weight is 1040 g/mol. The fourth-order valence-corrected chi connectivity index (χ4v) is 10.6. The molecule has 19 nitrogen and oxygen atoms in total. The van der Waals surface area contributed by atoms with Crippen LogP contribution < -0.4 is 22.3 Å². The summed E-state index contributed by atoms with van der Waals surface area (Å²) >= 11 is 0. The largest absolute Gasteiger partial charge is 0.458 e. The number of aliphatic hydroxyl groups excluding tert-OH is 4. The number of nitrogens with zero attached hydrogens (tertiary/aromatic N) is 3. The van der Waals surface area contributed by atoms with Crippen LogP contribution in [0.25, 0.3) is 0 Å². The van der Waals surface area contributed by atoms with Gasteiger partial charge in [0.25, 0.3) is 5.56 Å². The molecule has 1 aromatic rings. The van der Waals surface area contributed by atoms with Crippen LogP contribution in [-0.4, -0.2) is 158 Å². The average Bonchev–Trinajstić information content (AvgIpc) is 3.78. The number of nitrogens with one attached hydrogen (secondary N) is 2. The molecule has 12 atom stereocenters. The van der Waals surface area contributed by atoms with E-state index in [1.54, 1.807) is 7.05 Å². The Kier molecular flexibility index (Phi) is 29.3. The topological polar surface area (TPSA) is 268 Å². The van der Waals surface area contributed by atoms with Gasteiger partial charge in [-0.05, 0) is 19.9 Å². The monoisotopic (exact) mass is 1040 g/mol. The van der Waals surface area contributed by atoms with E-state index in [-0.39, 0.29) is 19.5 Å². The third-order valence-corrected chi connectivity index (χ3v) is 15.1. The molecule has 0 spiro atoms. The van der Waals surface area contributed by atoms with Crippen LogP contribution in [0.5, 0.6) is 0 Å². The van der Waals surface area contributed by atoms with Crippen LogP contribution in [0.15, 0.2) is 21.9 Å². The van der Waals surface area contributed by atoms with Gasteiger partial charge in [-0.15, -0.1) is 0 Å². The number of nitrogens with two attached hydrogens (primary N) is 1. The highest BCUT2D eigenvalue weighted by Crippen LogP contribution is 2.36. The van der Waals surface area contributed by atoms with E-state index in [4.69, 9.17) is 24.7 Å². The number of hydrogen-bond donors (Lipinski definition) is 7. The Balaban J connectivity index is 1.46. The first-order valence-corrected chi connectivity index (χ1v) is 28.4. The lowest BCUT2D eigenvalue weighted by atomic mass is 9.97. The predicted octanol–water partition coefficient (Wildman–Crippen LogP) is 5.08. The summed E-state index contributed by atoms with van der Waals surface area (Å²) in [6.07, 6.45) is 17.2. The molecule has 3 fully saturated rings. The molecule has 0 saturated carbocycles. The number of carbonyl (C=O) groups is 3. The van der Waals surface area contributed by atoms with Gasteiger partial charge in [0.15, 0.2) is 12.5 Å². The molecule has 3 aliphatic heterocycles. The fourth-order valence-electron chi connectivity index (χ4n) is 10.6. The fraction of sp³-hybridized carbons (Fsp3) is 0.870. The molecule has 4 heterocycles. The van der Waals surface area contributed by atoms with Crippen LogP contribution in [0.3, 0.4) is 0 Å². The van der Waals surface area contributed by atoms with Crippen molar-refractivity contribution in [3.63, 3.8) is 0 Å². The Morgan fingerprint density at radius 2 is 1.22 bits per heavy atom. The minimum atomic E-state index is -1.84. The number of aromatic amines is 1. The molecule has 73 heavy (non-hydrogen) atoms. The summed E-state index contributed by atoms with van der Waals surface area (Å²) in [5.74, 6) is -1.77. The maximum absolute atomic E-state index is 15.0. The summed E-state index contributed by atoms with van der Waals surface area (Å²) in [4.78, 5) is 72.6. The van der Waals surface area contributed by atoms with Crippen LogP contribution in [0.4, 0.5) is 0 Å². The number of ether oxygens (including phenoxy) is 4. The summed E-state index contributed by atoms with van der Waals surface area (Å²) in [7, 11) is 2.95. The number of carbonyl (C=O) groups excluding carboxylic acids is 3. The van der Waals surface area contributed by atoms with Gasteiger partial charge in [0.1, 0.15) is 60.9 Å². The molecule has 1 aromatic heterocycles. The maximum Gasteiger partial charge on any atom is 0.330 e. The highest BCUT2D eigenvalue weighted by molar-refractivity contribution is 5.91. The molecule has 0 aliphatic carbocycles. The van der Waals surface area contributed by atoms with Crippen molar-refractivity contribution in [1.82, 2.24) is 24.7 Å². The zero-order valence-electron chi connectivity index (χ0n) is 44.9. The molecule has 5 unspecified atom stereocenters. The normalized spacial score (nSPS) is 27.1. The van der Waals surface area contributed by atoms with E-state index < -0.39 is 102 Å². The van der Waals surface area contributed by atoms with Crippen molar-refractivity contribution in [3.8, 4) is 0 Å². The first kappa shape index (κ1) is 62.3. The first-order chi connectivity index (χ1) is 35.2. The van der Waals surface area contributed by atoms with E-state index in [1.165, 1.54) is 132 Å². The summed E-state index contributed by atoms with van der Waals surface area (Å²) in [6.45, 7) is 4.43. The third-order valence-electron chi connectivity index (χ3n) is 15.1. The Labute approximate surface area is 434 Å². The number of likely N-dealkylation sites (N-methyl/N-ethyl adjacent to an activating group) is 2. The van der Waals surface area contributed by atoms with E-state index in [2.05, 4.69) is 24.1 Å². The molecule has 420 valence electrons. The second-order valence-electron chi connectivity index (χ2n) is 21.0. The number of amides is 2. The number of aliphatic hydroxyl groups is 4. The van der Waals surface area contributed by atoms with Gasteiger partial charge in [-0.1, -0.05) is 174 Å². The zero-order valence-corrected chi connectivity index (χ0v) is 44.9. The van der Waals surface area contributed by atoms with E-state index in [1.807, 2.05) is 0 Å². The van der Waals surface area contributed by atoms with Gasteiger partial charge in [-0.3, -0.25) is 33.6 Å². The number of aromatic nitrogens is 2. The number of hydrogen-bond acceptors (Lipinski definition) is 15. The number of H-pyrrole nitrogens is 1. The predicted molar refractivity (Wildman–Crippen MR) is 278 cm³/mol. The van der Waals surface area contributed by atoms with E-state index in [0.29, 0.717) is 19.4 Å². The molecule has 3 aliphatic rings. The van der Waals surface area contributed by atoms with Gasteiger partial charge in [0, 0.05) is 45.4 Å². The second kappa shape index (κ2) is 34.4. The summed E-state index contributed by atoms with van der Waals surface area (Å²) in [6, 6.07) is -1.74. The Morgan fingerprint density at radius 3 is 1.71 bits per heavy atom. The van der Waals surface area contributed by atoms with Crippen molar-refractivity contribution in [3.05, 3.63) is 33.1 Å². The smallest absolute Gasteiger partial charge is 0.330 e. The SMILES string of the molecule is CCCCCCCCCCCCCCCCNC(=O)C1[C@@H](OC(=O)CCCCCCCCCCCCCCC)CN(C)C([C@H](OC2O[C@H](CN)[C@@H](O)[C@H]2O)C2OC(n3ccc(=O)[nH]c3=O)[C@H](O)[C@@H]2O)C(=O)N1C. The molecule has 3 saturated heterocycles. The van der Waals surface area contributed by atoms with Gasteiger partial charge in [-0.25, -0.2) is 4.79 Å². The third kappa shape index (κ3) is 20.0. The van der Waals surface area contributed by atoms with Crippen molar-refractivity contribution in [2.24, 2.45) is 5.73 Å². The van der Waals surface area contributed by atoms with Gasteiger partial charge in [0.2, 0.25) is 11.8 Å². The van der Waals surface area contributed by atoms with Crippen molar-refractivity contribution < 1.29 is 53.8 Å². The Bertz CT molecular complexity index is 1840. The molecular formula is C54H96N6O13. The van der Waals surface area contributed by atoms with Crippen molar-refractivity contribution >= 4 is 17.8 Å². The second-order valence-corrected chi connectivity index (χ2v) is 21.0. The molecule has 0 bridgehead atoms. The highest BCUT2D eigenvalue weighted by atomic mass is 16.7. The lowest BCUT2D eigenvalue weighted by molar-refractivity contribution is -0.233. The Morgan fingerprint density at radius 1 is 0.712 bits per heavy atom. The van der Waals surface area contributed by atoms with Crippen LogP contribution in [-0.2, 0) is 33.3 Å². The van der Waals surface area contributed by atoms with E-state index in [9.17, 15) is 39.6 Å². The molecule has 2 amide bonds.